The summed E-state index contributed by atoms with van der Waals surface area (Å²) in [4.78, 5) is 4.57. The average molecular weight is 316 g/mol. The Morgan fingerprint density at radius 2 is 2.09 bits per heavy atom. The van der Waals surface area contributed by atoms with E-state index >= 15 is 0 Å². The first-order valence-electron chi connectivity index (χ1n) is 7.72. The average Bonchev–Trinajstić information content (AvgIpc) is 2.71. The number of rotatable bonds is 5. The fourth-order valence-electron chi connectivity index (χ4n) is 2.26. The molecule has 0 unspecified atom stereocenters. The van der Waals surface area contributed by atoms with Crippen molar-refractivity contribution in [2.75, 3.05) is 11.1 Å². The Hall–Kier alpha value is -1.82. The van der Waals surface area contributed by atoms with Crippen LogP contribution in [0.2, 0.25) is 0 Å². The van der Waals surface area contributed by atoms with Crippen molar-refractivity contribution < 1.29 is 4.74 Å². The first-order chi connectivity index (χ1) is 10.8. The van der Waals surface area contributed by atoms with E-state index in [1.54, 1.807) is 11.8 Å². The van der Waals surface area contributed by atoms with Gasteiger partial charge in [-0.2, -0.15) is 4.98 Å². The Morgan fingerprint density at radius 1 is 1.23 bits per heavy atom. The van der Waals surface area contributed by atoms with Gasteiger partial charge in [0.15, 0.2) is 11.9 Å². The van der Waals surface area contributed by atoms with E-state index in [0.717, 1.165) is 36.3 Å². The molecular formula is C16H20N4OS. The van der Waals surface area contributed by atoms with Gasteiger partial charge in [-0.1, -0.05) is 50.2 Å². The fraction of sp³-hybridized carbons (Fsp3) is 0.438. The van der Waals surface area contributed by atoms with Crippen molar-refractivity contribution in [1.82, 2.24) is 15.2 Å². The minimum absolute atomic E-state index is 0.104. The molecule has 0 amide bonds. The number of benzene rings is 1. The Balaban J connectivity index is 1.96. The molecule has 0 spiro atoms. The lowest BCUT2D eigenvalue weighted by molar-refractivity contribution is 0.216. The van der Waals surface area contributed by atoms with Crippen molar-refractivity contribution in [2.45, 2.75) is 44.5 Å². The Bertz CT molecular complexity index is 650. The maximum atomic E-state index is 6.00. The summed E-state index contributed by atoms with van der Waals surface area (Å²) in [6, 6.07) is 8.03. The molecule has 1 aromatic carbocycles. The zero-order valence-corrected chi connectivity index (χ0v) is 13.7. The van der Waals surface area contributed by atoms with Crippen LogP contribution in [-0.4, -0.2) is 27.2 Å². The number of anilines is 1. The zero-order chi connectivity index (χ0) is 15.4. The lowest BCUT2D eigenvalue weighted by Gasteiger charge is -2.16. The predicted molar refractivity (Wildman–Crippen MR) is 89.2 cm³/mol. The highest BCUT2D eigenvalue weighted by Crippen LogP contribution is 2.36. The van der Waals surface area contributed by atoms with E-state index in [0.29, 0.717) is 16.7 Å². The number of hydrogen-bond donors (Lipinski definition) is 1. The molecule has 0 saturated heterocycles. The number of nitrogens with one attached hydrogen (secondary N) is 1. The second-order valence-corrected chi connectivity index (χ2v) is 6.22. The van der Waals surface area contributed by atoms with Gasteiger partial charge in [-0.3, -0.25) is 0 Å². The van der Waals surface area contributed by atoms with Gasteiger partial charge in [0.05, 0.1) is 0 Å². The van der Waals surface area contributed by atoms with Crippen LogP contribution in [0.3, 0.4) is 0 Å². The lowest BCUT2D eigenvalue weighted by atomic mass is 10.1. The molecule has 0 fully saturated rings. The Kier molecular flexibility index (Phi) is 4.77. The molecule has 1 N–H and O–H groups in total. The van der Waals surface area contributed by atoms with Crippen LogP contribution < -0.4 is 10.1 Å². The van der Waals surface area contributed by atoms with Crippen molar-refractivity contribution in [3.05, 3.63) is 24.3 Å². The monoisotopic (exact) mass is 316 g/mol. The number of para-hydroxylation sites is 1. The summed E-state index contributed by atoms with van der Waals surface area (Å²) in [6.45, 7) is 4.26. The van der Waals surface area contributed by atoms with Gasteiger partial charge in [-0.25, -0.2) is 0 Å². The van der Waals surface area contributed by atoms with Gasteiger partial charge in [0, 0.05) is 23.4 Å². The molecule has 5 nitrogen and oxygen atoms in total. The second kappa shape index (κ2) is 6.96. The molecule has 0 bridgehead atoms. The number of ether oxygens (including phenoxy) is 1. The van der Waals surface area contributed by atoms with Crippen LogP contribution >= 0.6 is 11.8 Å². The molecule has 0 aliphatic carbocycles. The second-order valence-electron chi connectivity index (χ2n) is 5.15. The first kappa shape index (κ1) is 15.1. The molecule has 3 rings (SSSR count). The fourth-order valence-corrected chi connectivity index (χ4v) is 3.12. The largest absolute Gasteiger partial charge is 0.452 e. The third kappa shape index (κ3) is 3.16. The molecule has 116 valence electrons. The van der Waals surface area contributed by atoms with Crippen LogP contribution in [0.1, 0.15) is 33.1 Å². The van der Waals surface area contributed by atoms with E-state index < -0.39 is 0 Å². The van der Waals surface area contributed by atoms with Crippen LogP contribution in [0, 0.1) is 0 Å². The molecule has 1 aliphatic rings. The van der Waals surface area contributed by atoms with Gasteiger partial charge in [0.1, 0.15) is 0 Å². The summed E-state index contributed by atoms with van der Waals surface area (Å²) in [5, 5.41) is 12.7. The molecular weight excluding hydrogens is 296 g/mol. The SMILES string of the molecule is CCCCSc1nnc2c(n1)O[C@@H](CC)Nc1ccccc1-2. The van der Waals surface area contributed by atoms with Crippen LogP contribution in [0.15, 0.2) is 29.4 Å². The number of thioether (sulfide) groups is 1. The third-order valence-corrected chi connectivity index (χ3v) is 4.41. The van der Waals surface area contributed by atoms with E-state index in [9.17, 15) is 0 Å². The molecule has 2 heterocycles. The van der Waals surface area contributed by atoms with Crippen molar-refractivity contribution in [1.29, 1.82) is 0 Å². The van der Waals surface area contributed by atoms with E-state index in [1.165, 1.54) is 0 Å². The first-order valence-corrected chi connectivity index (χ1v) is 8.70. The van der Waals surface area contributed by atoms with Crippen LogP contribution in [0.25, 0.3) is 11.3 Å². The van der Waals surface area contributed by atoms with Gasteiger partial charge >= 0.3 is 0 Å². The summed E-state index contributed by atoms with van der Waals surface area (Å²) in [6.07, 6.45) is 3.05. The molecule has 1 atom stereocenters. The number of hydrogen-bond acceptors (Lipinski definition) is 6. The highest BCUT2D eigenvalue weighted by atomic mass is 32.2. The van der Waals surface area contributed by atoms with Gasteiger partial charge in [0.25, 0.3) is 0 Å². The highest BCUT2D eigenvalue weighted by Gasteiger charge is 2.23. The highest BCUT2D eigenvalue weighted by molar-refractivity contribution is 7.99. The standard InChI is InChI=1S/C16H20N4OS/c1-3-5-10-22-16-18-15-14(19-20-16)11-8-6-7-9-12(11)17-13(4-2)21-15/h6-9,13,17H,3-5,10H2,1-2H3/t13-/m0/s1. The number of unbranched alkanes of at least 4 members (excludes halogenated alkanes) is 1. The van der Waals surface area contributed by atoms with Gasteiger partial charge in [0.2, 0.25) is 11.0 Å². The smallest absolute Gasteiger partial charge is 0.247 e. The molecule has 6 heteroatoms. The van der Waals surface area contributed by atoms with Crippen molar-refractivity contribution in [3.63, 3.8) is 0 Å². The molecule has 0 saturated carbocycles. The number of nitrogens with zero attached hydrogens (tertiary/aromatic N) is 3. The van der Waals surface area contributed by atoms with E-state index in [4.69, 9.17) is 4.74 Å². The molecule has 1 aromatic heterocycles. The normalized spacial score (nSPS) is 16.0. The van der Waals surface area contributed by atoms with Crippen LogP contribution in [-0.2, 0) is 0 Å². The van der Waals surface area contributed by atoms with E-state index in [1.807, 2.05) is 24.3 Å². The molecule has 1 aliphatic heterocycles. The lowest BCUT2D eigenvalue weighted by Crippen LogP contribution is -2.24. The topological polar surface area (TPSA) is 59.9 Å². The quantitative estimate of drug-likeness (QED) is 0.665. The maximum absolute atomic E-state index is 6.00. The molecule has 22 heavy (non-hydrogen) atoms. The number of aromatic nitrogens is 3. The summed E-state index contributed by atoms with van der Waals surface area (Å²) in [7, 11) is 0. The van der Waals surface area contributed by atoms with Gasteiger partial charge < -0.3 is 10.1 Å². The summed E-state index contributed by atoms with van der Waals surface area (Å²) in [5.74, 6) is 1.57. The molecule has 2 aromatic rings. The van der Waals surface area contributed by atoms with Gasteiger partial charge in [-0.05, 0) is 12.5 Å². The Labute approximate surface area is 134 Å². The minimum atomic E-state index is -0.104. The summed E-state index contributed by atoms with van der Waals surface area (Å²) in [5.41, 5.74) is 2.70. The van der Waals surface area contributed by atoms with Gasteiger partial charge in [-0.15, -0.1) is 10.2 Å². The molecule has 0 radical (unpaired) electrons. The summed E-state index contributed by atoms with van der Waals surface area (Å²) >= 11 is 1.63. The van der Waals surface area contributed by atoms with Crippen LogP contribution in [0.5, 0.6) is 5.88 Å². The van der Waals surface area contributed by atoms with E-state index in [-0.39, 0.29) is 6.23 Å². The van der Waals surface area contributed by atoms with Crippen molar-refractivity contribution in [3.8, 4) is 17.1 Å². The number of fused-ring (bicyclic) bond motifs is 3. The summed E-state index contributed by atoms with van der Waals surface area (Å²) < 4.78 is 6.00. The third-order valence-electron chi connectivity index (χ3n) is 3.49. The zero-order valence-electron chi connectivity index (χ0n) is 12.9. The minimum Gasteiger partial charge on any atom is -0.452 e. The van der Waals surface area contributed by atoms with Crippen LogP contribution in [0.4, 0.5) is 5.69 Å². The van der Waals surface area contributed by atoms with Crippen molar-refractivity contribution >= 4 is 17.4 Å². The van der Waals surface area contributed by atoms with E-state index in [2.05, 4.69) is 34.3 Å². The van der Waals surface area contributed by atoms with Crippen molar-refractivity contribution in [2.24, 2.45) is 0 Å². The predicted octanol–water partition coefficient (Wildman–Crippen LogP) is 3.97. The maximum Gasteiger partial charge on any atom is 0.247 e. The Morgan fingerprint density at radius 3 is 2.91 bits per heavy atom.